The monoisotopic (exact) mass is 754 g/mol. The average molecular weight is 754 g/mol. The van der Waals surface area contributed by atoms with Gasteiger partial charge in [0.15, 0.2) is 0 Å². The van der Waals surface area contributed by atoms with E-state index in [1.54, 1.807) is 0 Å². The standard InChI is InChI=1S/C26H23O4P.5CO.W/c1-16-17(2)24-22(26(28)30-4)21(25(27)29-3)23(16)31(24)20-13-9-8-12-19(20)15-14-18-10-6-5-7-11-18;5*1-2;/h5-13,23-24H,1-4H3;;;;;;. The van der Waals surface area contributed by atoms with Crippen LogP contribution >= 0.6 is 7.92 Å². The van der Waals surface area contributed by atoms with Crippen molar-refractivity contribution in [2.24, 2.45) is 0 Å². The number of hydrogen-bond acceptors (Lipinski definition) is 4. The van der Waals surface area contributed by atoms with E-state index in [-0.39, 0.29) is 32.4 Å². The molecule has 2 bridgehead atoms. The topological polar surface area (TPSA) is 152 Å². The minimum Gasteiger partial charge on any atom is 0 e. The molecule has 2 atom stereocenters. The first kappa shape index (κ1) is 42.7. The normalized spacial score (nSPS) is 16.2. The first-order valence-corrected chi connectivity index (χ1v) is 12.5. The molecule has 0 amide bonds. The summed E-state index contributed by atoms with van der Waals surface area (Å²) in [6.45, 7) is 26.6. The van der Waals surface area contributed by atoms with Crippen LogP contribution in [0.5, 0.6) is 0 Å². The number of esters is 2. The van der Waals surface area contributed by atoms with E-state index in [0.717, 1.165) is 27.6 Å². The van der Waals surface area contributed by atoms with Crippen LogP contribution in [-0.4, -0.2) is 37.5 Å². The molecule has 42 heavy (non-hydrogen) atoms. The van der Waals surface area contributed by atoms with E-state index in [4.69, 9.17) is 32.7 Å². The number of fused-ring (bicyclic) bond motifs is 2. The molecule has 2 aromatic rings. The molecule has 0 radical (unpaired) electrons. The molecule has 0 fully saturated rings. The molecule has 9 nitrogen and oxygen atoms in total. The number of hydrogen-bond donors (Lipinski definition) is 0. The van der Waals surface area contributed by atoms with Crippen LogP contribution in [0, 0.1) is 45.1 Å². The maximum Gasteiger partial charge on any atom is 0 e. The molecule has 0 spiro atoms. The molecule has 2 aromatic carbocycles. The molecular weight excluding hydrogens is 731 g/mol. The van der Waals surface area contributed by atoms with Crippen LogP contribution in [-0.2, 0) is 63.4 Å². The van der Waals surface area contributed by atoms with Crippen LogP contribution in [0.25, 0.3) is 0 Å². The molecule has 2 heterocycles. The Bertz CT molecular complexity index is 1340. The number of carbonyl (C=O) groups excluding carboxylic acids is 2. The summed E-state index contributed by atoms with van der Waals surface area (Å²) in [5, 5.41) is 1.09. The second kappa shape index (κ2) is 23.9. The Kier molecular flexibility index (Phi) is 24.3. The van der Waals surface area contributed by atoms with E-state index in [9.17, 15) is 9.59 Å². The van der Waals surface area contributed by atoms with Crippen molar-refractivity contribution in [3.05, 3.63) is 121 Å². The smallest absolute Gasteiger partial charge is 0 e. The van der Waals surface area contributed by atoms with Gasteiger partial charge < -0.3 is 9.47 Å². The van der Waals surface area contributed by atoms with Gasteiger partial charge in [0, 0.05) is 43.5 Å². The van der Waals surface area contributed by atoms with E-state index < -0.39 is 19.9 Å². The van der Waals surface area contributed by atoms with Crippen LogP contribution in [0.1, 0.15) is 25.0 Å². The van der Waals surface area contributed by atoms with Crippen molar-refractivity contribution in [2.75, 3.05) is 14.2 Å². The van der Waals surface area contributed by atoms with Gasteiger partial charge in [-0.2, -0.15) is 0 Å². The van der Waals surface area contributed by atoms with Crippen molar-refractivity contribution in [2.45, 2.75) is 25.2 Å². The van der Waals surface area contributed by atoms with Crippen LogP contribution in [0.3, 0.4) is 0 Å². The van der Waals surface area contributed by atoms with Crippen molar-refractivity contribution in [1.82, 2.24) is 0 Å². The summed E-state index contributed by atoms with van der Waals surface area (Å²) in [5.74, 6) is 5.64. The van der Waals surface area contributed by atoms with Crippen molar-refractivity contribution in [3.8, 4) is 11.8 Å². The largest absolute Gasteiger partial charge is 0 e. The molecule has 2 aliphatic heterocycles. The molecule has 11 heteroatoms. The van der Waals surface area contributed by atoms with Gasteiger partial charge in [0.2, 0.25) is 0 Å². The fraction of sp³-hybridized carbons (Fsp3) is 0.194. The predicted molar refractivity (Wildman–Crippen MR) is 142 cm³/mol. The summed E-state index contributed by atoms with van der Waals surface area (Å²) in [4.78, 5) is 25.5. The molecule has 2 unspecified atom stereocenters. The van der Waals surface area contributed by atoms with Gasteiger partial charge in [0.05, 0.1) is 25.4 Å². The van der Waals surface area contributed by atoms with Crippen molar-refractivity contribution >= 4 is 25.2 Å². The van der Waals surface area contributed by atoms with E-state index >= 15 is 0 Å². The summed E-state index contributed by atoms with van der Waals surface area (Å²) in [7, 11) is 1.76. The number of ether oxygens (including phenoxy) is 2. The van der Waals surface area contributed by atoms with Gasteiger partial charge >= 0.3 is 68.5 Å². The number of methoxy groups -OCH3 is 2. The Morgan fingerprint density at radius 2 is 1.05 bits per heavy atom. The minimum absolute atomic E-state index is 0. The second-order valence-electron chi connectivity index (χ2n) is 7.52. The Morgan fingerprint density at radius 3 is 1.45 bits per heavy atom. The summed E-state index contributed by atoms with van der Waals surface area (Å²) < 4.78 is 47.6. The quantitative estimate of drug-likeness (QED) is 0.117. The number of carbonyl (C=O) groups is 2. The summed E-state index contributed by atoms with van der Waals surface area (Å²) in [6.07, 6.45) is 0. The van der Waals surface area contributed by atoms with Gasteiger partial charge in [0.1, 0.15) is 0 Å². The van der Waals surface area contributed by atoms with E-state index in [1.165, 1.54) is 14.2 Å². The van der Waals surface area contributed by atoms with Crippen LogP contribution in [0.2, 0.25) is 0 Å². The Hall–Kier alpha value is -3.76. The molecular formula is C31H23O9PW. The van der Waals surface area contributed by atoms with Crippen LogP contribution in [0.15, 0.2) is 76.9 Å². The summed E-state index contributed by atoms with van der Waals surface area (Å²) >= 11 is 0. The molecule has 0 saturated heterocycles. The zero-order valence-electron chi connectivity index (χ0n) is 22.9. The van der Waals surface area contributed by atoms with Crippen LogP contribution < -0.4 is 5.30 Å². The van der Waals surface area contributed by atoms with Gasteiger partial charge in [-0.3, -0.25) is 0 Å². The fourth-order valence-corrected chi connectivity index (χ4v) is 8.22. The zero-order valence-corrected chi connectivity index (χ0v) is 26.7. The number of allylic oxidation sites excluding steroid dienone is 2. The maximum atomic E-state index is 12.7. The van der Waals surface area contributed by atoms with Gasteiger partial charge in [0.25, 0.3) is 0 Å². The molecule has 212 valence electrons. The number of benzene rings is 2. The maximum absolute atomic E-state index is 12.7. The van der Waals surface area contributed by atoms with Gasteiger partial charge in [-0.05, 0) is 45.3 Å². The van der Waals surface area contributed by atoms with Gasteiger partial charge in [-0.15, -0.1) is 0 Å². The minimum atomic E-state index is -0.939. The second-order valence-corrected chi connectivity index (χ2v) is 9.85. The van der Waals surface area contributed by atoms with Crippen molar-refractivity contribution in [3.63, 3.8) is 0 Å². The Labute approximate surface area is 260 Å². The SMILES string of the molecule is COC(=O)C1=C(C(=O)OC)C2C(C)=C(C)C1P2c1ccccc1C#Cc1ccccc1.[C-]#[O+].[C-]#[O+].[C-]#[O+].[C-]#[O+].[C-]#[O+].[W]. The third-order valence-electron chi connectivity index (χ3n) is 5.94. The Morgan fingerprint density at radius 1 is 0.667 bits per heavy atom. The molecule has 0 aromatic heterocycles. The van der Waals surface area contributed by atoms with Gasteiger partial charge in [-0.1, -0.05) is 59.4 Å². The third kappa shape index (κ3) is 9.66. The first-order chi connectivity index (χ1) is 20.0. The third-order valence-corrected chi connectivity index (χ3v) is 9.29. The number of rotatable bonds is 3. The summed E-state index contributed by atoms with van der Waals surface area (Å²) in [6, 6.07) is 17.9. The molecule has 0 aliphatic carbocycles. The molecule has 0 N–H and O–H groups in total. The van der Waals surface area contributed by atoms with E-state index in [2.05, 4.69) is 51.2 Å². The van der Waals surface area contributed by atoms with E-state index in [0.29, 0.717) is 11.1 Å². The Balaban J connectivity index is -0.00000125. The van der Waals surface area contributed by atoms with Crippen molar-refractivity contribution in [1.29, 1.82) is 0 Å². The van der Waals surface area contributed by atoms with Gasteiger partial charge in [-0.25, -0.2) is 9.59 Å². The molecule has 4 rings (SSSR count). The van der Waals surface area contributed by atoms with Crippen LogP contribution in [0.4, 0.5) is 0 Å². The molecule has 0 saturated carbocycles. The summed E-state index contributed by atoms with van der Waals surface area (Å²) in [5.41, 5.74) is 4.69. The van der Waals surface area contributed by atoms with Crippen molar-refractivity contribution < 1.29 is 63.4 Å². The average Bonchev–Trinajstić information content (AvgIpc) is 3.54. The fourth-order valence-electron chi connectivity index (χ4n) is 4.41. The predicted octanol–water partition coefficient (Wildman–Crippen LogP) is 3.75. The van der Waals surface area contributed by atoms with E-state index in [1.807, 2.05) is 62.4 Å². The molecule has 2 aliphatic rings. The first-order valence-electron chi connectivity index (χ1n) is 11.0. The zero-order chi connectivity index (χ0) is 32.1.